The second-order valence-electron chi connectivity index (χ2n) is 7.66. The van der Waals surface area contributed by atoms with Gasteiger partial charge in [-0.25, -0.2) is 8.42 Å². The first-order valence-electron chi connectivity index (χ1n) is 9.97. The Morgan fingerprint density at radius 1 is 1.24 bits per heavy atom. The smallest absolute Gasteiger partial charge is 0.243 e. The molecule has 1 atom stereocenters. The van der Waals surface area contributed by atoms with Crippen molar-refractivity contribution in [1.29, 1.82) is 5.26 Å². The number of rotatable bonds is 8. The molecule has 1 aliphatic heterocycles. The fraction of sp³-hybridized carbons (Fsp3) is 0.550. The zero-order valence-electron chi connectivity index (χ0n) is 16.2. The highest BCUT2D eigenvalue weighted by atomic mass is 32.2. The predicted molar refractivity (Wildman–Crippen MR) is 103 cm³/mol. The Morgan fingerprint density at radius 2 is 2.03 bits per heavy atom. The molecule has 0 N–H and O–H groups in total. The fourth-order valence-corrected chi connectivity index (χ4v) is 4.97. The molecule has 2 aromatic rings. The molecule has 9 heteroatoms. The zero-order chi connectivity index (χ0) is 20.3. The van der Waals surface area contributed by atoms with Gasteiger partial charge in [0.05, 0.1) is 29.1 Å². The quantitative estimate of drug-likeness (QED) is 0.608. The van der Waals surface area contributed by atoms with Crippen LogP contribution in [0, 0.1) is 17.2 Å². The summed E-state index contributed by atoms with van der Waals surface area (Å²) in [6.45, 7) is 2.13. The predicted octanol–water partition coefficient (Wildman–Crippen LogP) is 2.48. The molecule has 29 heavy (non-hydrogen) atoms. The van der Waals surface area contributed by atoms with Gasteiger partial charge in [0.25, 0.3) is 0 Å². The molecule has 1 saturated carbocycles. The Labute approximate surface area is 170 Å². The summed E-state index contributed by atoms with van der Waals surface area (Å²) in [5.41, 5.74) is 0.431. The monoisotopic (exact) mass is 416 g/mol. The van der Waals surface area contributed by atoms with Gasteiger partial charge < -0.3 is 9.26 Å². The number of benzene rings is 1. The lowest BCUT2D eigenvalue weighted by molar-refractivity contribution is 0.125. The molecule has 8 nitrogen and oxygen atoms in total. The molecule has 4 rings (SSSR count). The zero-order valence-corrected chi connectivity index (χ0v) is 17.0. The number of hydrogen-bond acceptors (Lipinski definition) is 7. The average molecular weight is 417 g/mol. The van der Waals surface area contributed by atoms with Gasteiger partial charge in [-0.1, -0.05) is 5.16 Å². The molecule has 154 valence electrons. The lowest BCUT2D eigenvalue weighted by Gasteiger charge is -2.30. The second kappa shape index (κ2) is 8.61. The van der Waals surface area contributed by atoms with E-state index < -0.39 is 10.0 Å². The molecule has 1 aromatic heterocycles. The number of piperidine rings is 1. The number of hydrogen-bond donors (Lipinski definition) is 0. The lowest BCUT2D eigenvalue weighted by atomic mass is 10.00. The maximum atomic E-state index is 13.0. The van der Waals surface area contributed by atoms with Crippen molar-refractivity contribution in [3.05, 3.63) is 41.5 Å². The summed E-state index contributed by atoms with van der Waals surface area (Å²) in [6.07, 6.45) is 4.64. The van der Waals surface area contributed by atoms with E-state index in [9.17, 15) is 8.42 Å². The molecule has 2 fully saturated rings. The summed E-state index contributed by atoms with van der Waals surface area (Å²) in [7, 11) is -3.63. The summed E-state index contributed by atoms with van der Waals surface area (Å²) in [5, 5.41) is 12.9. The molecule has 2 aliphatic rings. The third kappa shape index (κ3) is 4.83. The Morgan fingerprint density at radius 3 is 2.76 bits per heavy atom. The average Bonchev–Trinajstić information content (AvgIpc) is 3.46. The molecule has 1 aliphatic carbocycles. The van der Waals surface area contributed by atoms with Crippen molar-refractivity contribution in [1.82, 2.24) is 14.4 Å². The fourth-order valence-electron chi connectivity index (χ4n) is 3.45. The summed E-state index contributed by atoms with van der Waals surface area (Å²) in [6, 6.07) is 7.99. The first-order chi connectivity index (χ1) is 14.1. The van der Waals surface area contributed by atoms with Crippen LogP contribution >= 0.6 is 0 Å². The molecular weight excluding hydrogens is 392 g/mol. The number of ether oxygens (including phenoxy) is 1. The summed E-state index contributed by atoms with van der Waals surface area (Å²) in [4.78, 5) is 4.65. The van der Waals surface area contributed by atoms with E-state index in [-0.39, 0.29) is 10.8 Å². The Bertz CT molecular complexity index is 977. The molecule has 2 heterocycles. The van der Waals surface area contributed by atoms with Crippen molar-refractivity contribution in [2.24, 2.45) is 5.92 Å². The Hall–Kier alpha value is -2.28. The van der Waals surface area contributed by atoms with Crippen molar-refractivity contribution in [3.8, 4) is 6.07 Å². The van der Waals surface area contributed by atoms with E-state index in [2.05, 4.69) is 10.1 Å². The van der Waals surface area contributed by atoms with Crippen LogP contribution in [0.4, 0.5) is 0 Å². The molecule has 0 spiro atoms. The van der Waals surface area contributed by atoms with Crippen LogP contribution < -0.4 is 0 Å². The molecule has 1 aromatic carbocycles. The van der Waals surface area contributed by atoms with Crippen molar-refractivity contribution in [2.45, 2.75) is 42.9 Å². The lowest BCUT2D eigenvalue weighted by Crippen LogP contribution is -2.39. The van der Waals surface area contributed by atoms with Crippen molar-refractivity contribution in [3.63, 3.8) is 0 Å². The maximum absolute atomic E-state index is 13.0. The van der Waals surface area contributed by atoms with Crippen LogP contribution in [0.3, 0.4) is 0 Å². The van der Waals surface area contributed by atoms with Gasteiger partial charge in [-0.3, -0.25) is 0 Å². The van der Waals surface area contributed by atoms with E-state index in [1.54, 1.807) is 0 Å². The van der Waals surface area contributed by atoms with Crippen LogP contribution in [0.5, 0.6) is 0 Å². The number of aromatic nitrogens is 2. The van der Waals surface area contributed by atoms with E-state index in [1.165, 1.54) is 41.4 Å². The minimum absolute atomic E-state index is 0.120. The first-order valence-corrected chi connectivity index (χ1v) is 11.4. The van der Waals surface area contributed by atoms with Gasteiger partial charge in [0.15, 0.2) is 5.82 Å². The van der Waals surface area contributed by atoms with Crippen LogP contribution in [0.1, 0.15) is 48.9 Å². The number of sulfonamides is 1. The van der Waals surface area contributed by atoms with Gasteiger partial charge in [-0.05, 0) is 55.9 Å². The Kier molecular flexibility index (Phi) is 5.94. The van der Waals surface area contributed by atoms with E-state index >= 15 is 0 Å². The highest BCUT2D eigenvalue weighted by Gasteiger charge is 2.33. The van der Waals surface area contributed by atoms with Gasteiger partial charge in [0.1, 0.15) is 0 Å². The highest BCUT2D eigenvalue weighted by molar-refractivity contribution is 7.89. The molecule has 0 bridgehead atoms. The van der Waals surface area contributed by atoms with Crippen LogP contribution in [-0.4, -0.2) is 49.2 Å². The second-order valence-corrected chi connectivity index (χ2v) is 9.59. The van der Waals surface area contributed by atoms with Crippen molar-refractivity contribution >= 4 is 10.0 Å². The third-order valence-electron chi connectivity index (χ3n) is 5.36. The van der Waals surface area contributed by atoms with E-state index in [1.807, 2.05) is 6.07 Å². The van der Waals surface area contributed by atoms with E-state index in [4.69, 9.17) is 14.5 Å². The minimum atomic E-state index is -3.63. The number of nitriles is 1. The highest BCUT2D eigenvalue weighted by Crippen LogP contribution is 2.30. The summed E-state index contributed by atoms with van der Waals surface area (Å²) >= 11 is 0. The standard InChI is InChI=1S/C20H24N4O4S/c21-12-15-5-7-18(8-6-15)29(25,26)24-10-1-2-17(13-24)20-22-19(23-28-20)9-11-27-14-16-3-4-16/h5-8,16-17H,1-4,9-11,13-14H2. The van der Waals surface area contributed by atoms with E-state index in [0.29, 0.717) is 43.4 Å². The van der Waals surface area contributed by atoms with Gasteiger partial charge >= 0.3 is 0 Å². The molecule has 0 radical (unpaired) electrons. The first kappa shape index (κ1) is 20.0. The molecular formula is C20H24N4O4S. The van der Waals surface area contributed by atoms with Crippen LogP contribution in [0.2, 0.25) is 0 Å². The summed E-state index contributed by atoms with van der Waals surface area (Å²) in [5.74, 6) is 1.69. The topological polar surface area (TPSA) is 109 Å². The maximum Gasteiger partial charge on any atom is 0.243 e. The van der Waals surface area contributed by atoms with Crippen molar-refractivity contribution < 1.29 is 17.7 Å². The van der Waals surface area contributed by atoms with Gasteiger partial charge in [0, 0.05) is 26.1 Å². The Balaban J connectivity index is 1.38. The van der Waals surface area contributed by atoms with E-state index in [0.717, 1.165) is 25.4 Å². The largest absolute Gasteiger partial charge is 0.381 e. The normalized spacial score (nSPS) is 20.4. The third-order valence-corrected chi connectivity index (χ3v) is 7.24. The summed E-state index contributed by atoms with van der Waals surface area (Å²) < 4.78 is 38.4. The van der Waals surface area contributed by atoms with Gasteiger partial charge in [-0.2, -0.15) is 14.6 Å². The SMILES string of the molecule is N#Cc1ccc(S(=O)(=O)N2CCCC(c3nc(CCOCC4CC4)no3)C2)cc1. The molecule has 0 amide bonds. The molecule has 1 saturated heterocycles. The minimum Gasteiger partial charge on any atom is -0.381 e. The molecule has 1 unspecified atom stereocenters. The van der Waals surface area contributed by atoms with Gasteiger partial charge in [-0.15, -0.1) is 0 Å². The van der Waals surface area contributed by atoms with Gasteiger partial charge in [0.2, 0.25) is 15.9 Å². The number of nitrogens with zero attached hydrogens (tertiary/aromatic N) is 4. The van der Waals surface area contributed by atoms with Crippen LogP contribution in [-0.2, 0) is 21.2 Å². The van der Waals surface area contributed by atoms with Crippen LogP contribution in [0.25, 0.3) is 0 Å². The van der Waals surface area contributed by atoms with Crippen LogP contribution in [0.15, 0.2) is 33.7 Å². The van der Waals surface area contributed by atoms with Crippen molar-refractivity contribution in [2.75, 3.05) is 26.3 Å².